The van der Waals surface area contributed by atoms with E-state index in [4.69, 9.17) is 0 Å². The summed E-state index contributed by atoms with van der Waals surface area (Å²) < 4.78 is 50.7. The second-order valence-corrected chi connectivity index (χ2v) is 3.99. The van der Waals surface area contributed by atoms with Crippen molar-refractivity contribution in [3.63, 3.8) is 0 Å². The summed E-state index contributed by atoms with van der Waals surface area (Å²) in [6.45, 7) is 1.91. The second-order valence-electron chi connectivity index (χ2n) is 3.99. The highest BCUT2D eigenvalue weighted by Gasteiger charge is 2.33. The lowest BCUT2D eigenvalue weighted by Crippen LogP contribution is -2.26. The number of rotatable bonds is 5. The molecule has 1 aromatic carbocycles. The number of aliphatic hydroxyl groups is 1. The number of alkyl halides is 3. The zero-order valence-electron chi connectivity index (χ0n) is 9.89. The van der Waals surface area contributed by atoms with E-state index in [2.05, 4.69) is 5.32 Å². The molecule has 1 unspecified atom stereocenters. The topological polar surface area (TPSA) is 32.3 Å². The Morgan fingerprint density at radius 3 is 2.56 bits per heavy atom. The molecule has 0 heterocycles. The fourth-order valence-corrected chi connectivity index (χ4v) is 1.48. The van der Waals surface area contributed by atoms with Crippen LogP contribution >= 0.6 is 0 Å². The molecule has 0 saturated heterocycles. The molecule has 0 aliphatic heterocycles. The molecule has 0 spiro atoms. The summed E-state index contributed by atoms with van der Waals surface area (Å²) in [4.78, 5) is 0. The quantitative estimate of drug-likeness (QED) is 0.802. The largest absolute Gasteiger partial charge is 0.416 e. The van der Waals surface area contributed by atoms with Crippen molar-refractivity contribution in [2.45, 2.75) is 32.2 Å². The molecule has 0 aromatic heterocycles. The first kappa shape index (κ1) is 14.9. The Bertz CT molecular complexity index is 392. The number of hydrogen-bond donors (Lipinski definition) is 2. The predicted molar refractivity (Wildman–Crippen MR) is 59.4 cm³/mol. The van der Waals surface area contributed by atoms with Crippen molar-refractivity contribution in [2.75, 3.05) is 6.54 Å². The number of benzene rings is 1. The summed E-state index contributed by atoms with van der Waals surface area (Å²) in [6.07, 6.45) is -4.66. The van der Waals surface area contributed by atoms with Crippen molar-refractivity contribution in [3.05, 3.63) is 35.1 Å². The van der Waals surface area contributed by atoms with E-state index in [1.54, 1.807) is 6.92 Å². The van der Waals surface area contributed by atoms with Gasteiger partial charge >= 0.3 is 6.18 Å². The van der Waals surface area contributed by atoms with Crippen LogP contribution in [0.4, 0.5) is 17.6 Å². The molecule has 6 heteroatoms. The zero-order chi connectivity index (χ0) is 13.8. The van der Waals surface area contributed by atoms with E-state index < -0.39 is 23.7 Å². The fraction of sp³-hybridized carbons (Fsp3) is 0.500. The van der Waals surface area contributed by atoms with E-state index in [1.165, 1.54) is 0 Å². The first-order valence-electron chi connectivity index (χ1n) is 5.59. The number of halogens is 4. The molecule has 1 aromatic rings. The molecular formula is C12H15F4NO. The SMILES string of the molecule is CCC(O)CNCc1ccc(F)cc1C(F)(F)F. The van der Waals surface area contributed by atoms with E-state index in [9.17, 15) is 22.7 Å². The van der Waals surface area contributed by atoms with Crippen LogP contribution in [0.15, 0.2) is 18.2 Å². The third-order valence-corrected chi connectivity index (χ3v) is 2.54. The monoisotopic (exact) mass is 265 g/mol. The highest BCUT2D eigenvalue weighted by molar-refractivity contribution is 5.30. The lowest BCUT2D eigenvalue weighted by atomic mass is 10.1. The molecular weight excluding hydrogens is 250 g/mol. The molecule has 0 aliphatic carbocycles. The van der Waals surface area contributed by atoms with Crippen molar-refractivity contribution in [1.82, 2.24) is 5.32 Å². The van der Waals surface area contributed by atoms with Crippen molar-refractivity contribution < 1.29 is 22.7 Å². The first-order chi connectivity index (χ1) is 8.34. The minimum Gasteiger partial charge on any atom is -0.392 e. The van der Waals surface area contributed by atoms with E-state index >= 15 is 0 Å². The Hall–Kier alpha value is -1.14. The Balaban J connectivity index is 2.76. The van der Waals surface area contributed by atoms with Gasteiger partial charge in [0.05, 0.1) is 11.7 Å². The maximum atomic E-state index is 12.8. The minimum atomic E-state index is -4.58. The third kappa shape index (κ3) is 4.27. The standard InChI is InChI=1S/C12H15F4NO/c1-2-10(18)7-17-6-8-3-4-9(13)5-11(8)12(14,15)16/h3-5,10,17-18H,2,6-7H2,1H3. The Morgan fingerprint density at radius 1 is 1.33 bits per heavy atom. The van der Waals surface area contributed by atoms with Gasteiger partial charge in [0.25, 0.3) is 0 Å². The fourth-order valence-electron chi connectivity index (χ4n) is 1.48. The molecule has 0 radical (unpaired) electrons. The molecule has 0 fully saturated rings. The summed E-state index contributed by atoms with van der Waals surface area (Å²) >= 11 is 0. The van der Waals surface area contributed by atoms with Gasteiger partial charge in [0.15, 0.2) is 0 Å². The summed E-state index contributed by atoms with van der Waals surface area (Å²) in [5.74, 6) is -0.917. The van der Waals surface area contributed by atoms with Crippen LogP contribution in [0, 0.1) is 5.82 Å². The van der Waals surface area contributed by atoms with Crippen LogP contribution in [0.25, 0.3) is 0 Å². The highest BCUT2D eigenvalue weighted by atomic mass is 19.4. The van der Waals surface area contributed by atoms with Crippen LogP contribution in [0.3, 0.4) is 0 Å². The van der Waals surface area contributed by atoms with Crippen LogP contribution in [-0.4, -0.2) is 17.8 Å². The molecule has 0 aliphatic rings. The van der Waals surface area contributed by atoms with Gasteiger partial charge in [-0.25, -0.2) is 4.39 Å². The maximum absolute atomic E-state index is 12.8. The summed E-state index contributed by atoms with van der Waals surface area (Å²) in [5.41, 5.74) is -1.02. The van der Waals surface area contributed by atoms with Crippen LogP contribution < -0.4 is 5.32 Å². The summed E-state index contributed by atoms with van der Waals surface area (Å²) in [6, 6.07) is 2.57. The minimum absolute atomic E-state index is 0.0350. The third-order valence-electron chi connectivity index (χ3n) is 2.54. The number of nitrogens with one attached hydrogen (secondary N) is 1. The summed E-state index contributed by atoms with van der Waals surface area (Å²) in [7, 11) is 0. The zero-order valence-corrected chi connectivity index (χ0v) is 9.89. The Kier molecular flexibility index (Phi) is 5.10. The molecule has 0 saturated carbocycles. The van der Waals surface area contributed by atoms with Crippen LogP contribution in [-0.2, 0) is 12.7 Å². The van der Waals surface area contributed by atoms with Gasteiger partial charge in [-0.2, -0.15) is 13.2 Å². The van der Waals surface area contributed by atoms with Gasteiger partial charge in [-0.3, -0.25) is 0 Å². The average molecular weight is 265 g/mol. The lowest BCUT2D eigenvalue weighted by Gasteiger charge is -2.14. The van der Waals surface area contributed by atoms with Gasteiger partial charge in [-0.05, 0) is 24.1 Å². The van der Waals surface area contributed by atoms with Crippen molar-refractivity contribution in [1.29, 1.82) is 0 Å². The second kappa shape index (κ2) is 6.15. The van der Waals surface area contributed by atoms with E-state index in [-0.39, 0.29) is 18.7 Å². The van der Waals surface area contributed by atoms with Crippen molar-refractivity contribution >= 4 is 0 Å². The van der Waals surface area contributed by atoms with E-state index in [1.807, 2.05) is 0 Å². The molecule has 2 N–H and O–H groups in total. The smallest absolute Gasteiger partial charge is 0.392 e. The molecule has 18 heavy (non-hydrogen) atoms. The van der Waals surface area contributed by atoms with Gasteiger partial charge in [0.2, 0.25) is 0 Å². The van der Waals surface area contributed by atoms with Crippen LogP contribution in [0.5, 0.6) is 0 Å². The van der Waals surface area contributed by atoms with Gasteiger partial charge in [-0.15, -0.1) is 0 Å². The van der Waals surface area contributed by atoms with Gasteiger partial charge < -0.3 is 10.4 Å². The van der Waals surface area contributed by atoms with Crippen molar-refractivity contribution in [3.8, 4) is 0 Å². The maximum Gasteiger partial charge on any atom is 0.416 e. The van der Waals surface area contributed by atoms with Crippen molar-refractivity contribution in [2.24, 2.45) is 0 Å². The summed E-state index contributed by atoms with van der Waals surface area (Å²) in [5, 5.41) is 12.0. The number of hydrogen-bond acceptors (Lipinski definition) is 2. The van der Waals surface area contributed by atoms with E-state index in [0.717, 1.165) is 12.1 Å². The van der Waals surface area contributed by atoms with Gasteiger partial charge in [0, 0.05) is 13.1 Å². The van der Waals surface area contributed by atoms with E-state index in [0.29, 0.717) is 12.5 Å². The molecule has 0 amide bonds. The van der Waals surface area contributed by atoms with Crippen LogP contribution in [0.2, 0.25) is 0 Å². The molecule has 1 atom stereocenters. The average Bonchev–Trinajstić information content (AvgIpc) is 2.29. The molecule has 1 rings (SSSR count). The first-order valence-corrected chi connectivity index (χ1v) is 5.59. The van der Waals surface area contributed by atoms with Crippen LogP contribution in [0.1, 0.15) is 24.5 Å². The normalized spacial score (nSPS) is 13.7. The Morgan fingerprint density at radius 2 is 2.00 bits per heavy atom. The Labute approximate surface area is 103 Å². The van der Waals surface area contributed by atoms with Gasteiger partial charge in [0.1, 0.15) is 5.82 Å². The predicted octanol–water partition coefficient (Wildman–Crippen LogP) is 2.71. The highest BCUT2D eigenvalue weighted by Crippen LogP contribution is 2.32. The number of aliphatic hydroxyl groups excluding tert-OH is 1. The molecule has 2 nitrogen and oxygen atoms in total. The molecule has 0 bridgehead atoms. The lowest BCUT2D eigenvalue weighted by molar-refractivity contribution is -0.138. The molecule has 102 valence electrons. The van der Waals surface area contributed by atoms with Gasteiger partial charge in [-0.1, -0.05) is 13.0 Å².